The predicted octanol–water partition coefficient (Wildman–Crippen LogP) is -1.14. The average molecular weight is 361 g/mol. The Morgan fingerprint density at radius 2 is 1.88 bits per heavy atom. The number of carbonyl (C=O) groups is 4. The Morgan fingerprint density at radius 1 is 1.31 bits per heavy atom. The van der Waals surface area contributed by atoms with Crippen LogP contribution in [0.5, 0.6) is 11.5 Å². The maximum Gasteiger partial charge on any atom is 0.261 e. The number of imide groups is 1. The third-order valence-corrected chi connectivity index (χ3v) is 4.32. The minimum absolute atomic E-state index is 0.0318. The number of nitrogen functional groups attached to an aromatic ring is 1. The molecule has 0 fully saturated rings. The Labute approximate surface area is 151 Å². The van der Waals surface area contributed by atoms with Crippen molar-refractivity contribution in [2.45, 2.75) is 32.2 Å². The first kappa shape index (κ1) is 21.0. The van der Waals surface area contributed by atoms with Gasteiger partial charge in [0.05, 0.1) is 5.69 Å². The van der Waals surface area contributed by atoms with Crippen LogP contribution in [0, 0.1) is 6.92 Å². The van der Waals surface area contributed by atoms with E-state index in [2.05, 4.69) is 5.32 Å². The Kier molecular flexibility index (Phi) is 6.38. The SMILES string of the molecule is [B]c1c(O)c(O)c(N)c(C)c1C(=O)N(C=O)C(C)(CCC=O)C(=O)NC. The number of amides is 3. The van der Waals surface area contributed by atoms with E-state index in [-0.39, 0.29) is 36.1 Å². The lowest BCUT2D eigenvalue weighted by Crippen LogP contribution is -2.58. The van der Waals surface area contributed by atoms with Gasteiger partial charge in [-0.05, 0) is 31.3 Å². The van der Waals surface area contributed by atoms with E-state index >= 15 is 0 Å². The zero-order valence-electron chi connectivity index (χ0n) is 14.7. The molecule has 0 aromatic heterocycles. The van der Waals surface area contributed by atoms with Crippen LogP contribution in [-0.2, 0) is 14.4 Å². The van der Waals surface area contributed by atoms with Gasteiger partial charge in [-0.1, -0.05) is 0 Å². The standard InChI is InChI=1S/C16H20BN3O6/c1-8-9(10(17)12(23)13(24)11(8)18)14(25)20(7-22)16(2,5-4-6-21)15(26)19-3/h6-7,23-24H,4-5,18H2,1-3H3,(H,19,26). The molecule has 1 atom stereocenters. The van der Waals surface area contributed by atoms with E-state index in [9.17, 15) is 29.4 Å². The number of phenolic OH excluding ortho intramolecular Hbond substituents is 2. The molecule has 1 aromatic rings. The normalized spacial score (nSPS) is 12.7. The molecule has 3 amide bonds. The van der Waals surface area contributed by atoms with E-state index in [1.54, 1.807) is 0 Å². The van der Waals surface area contributed by atoms with Gasteiger partial charge in [0, 0.05) is 19.0 Å². The van der Waals surface area contributed by atoms with Gasteiger partial charge in [0.15, 0.2) is 11.5 Å². The van der Waals surface area contributed by atoms with Crippen LogP contribution in [0.2, 0.25) is 0 Å². The summed E-state index contributed by atoms with van der Waals surface area (Å²) in [5.74, 6) is -3.18. The summed E-state index contributed by atoms with van der Waals surface area (Å²) in [6.07, 6.45) is 0.484. The number of anilines is 1. The molecule has 2 radical (unpaired) electrons. The van der Waals surface area contributed by atoms with Gasteiger partial charge in [0.1, 0.15) is 19.7 Å². The fourth-order valence-corrected chi connectivity index (χ4v) is 2.62. The van der Waals surface area contributed by atoms with Crippen LogP contribution in [0.1, 0.15) is 35.7 Å². The topological polar surface area (TPSA) is 150 Å². The third-order valence-electron chi connectivity index (χ3n) is 4.32. The zero-order chi connectivity index (χ0) is 20.2. The highest BCUT2D eigenvalue weighted by atomic mass is 16.3. The molecule has 10 heteroatoms. The maximum absolute atomic E-state index is 13.0. The van der Waals surface area contributed by atoms with Crippen molar-refractivity contribution < 1.29 is 29.4 Å². The minimum Gasteiger partial charge on any atom is -0.505 e. The number of likely N-dealkylation sites (N-methyl/N-ethyl adjacent to an activating group) is 1. The highest BCUT2D eigenvalue weighted by Crippen LogP contribution is 2.35. The predicted molar refractivity (Wildman–Crippen MR) is 94.3 cm³/mol. The van der Waals surface area contributed by atoms with Crippen molar-refractivity contribution in [2.75, 3.05) is 12.8 Å². The van der Waals surface area contributed by atoms with E-state index in [0.717, 1.165) is 0 Å². The first-order chi connectivity index (χ1) is 12.1. The van der Waals surface area contributed by atoms with Crippen molar-refractivity contribution in [1.29, 1.82) is 0 Å². The largest absolute Gasteiger partial charge is 0.505 e. The second-order valence-electron chi connectivity index (χ2n) is 5.86. The van der Waals surface area contributed by atoms with E-state index in [1.807, 2.05) is 0 Å². The highest BCUT2D eigenvalue weighted by molar-refractivity contribution is 6.39. The van der Waals surface area contributed by atoms with E-state index in [4.69, 9.17) is 13.6 Å². The highest BCUT2D eigenvalue weighted by Gasteiger charge is 2.42. The summed E-state index contributed by atoms with van der Waals surface area (Å²) in [5.41, 5.74) is 2.90. The van der Waals surface area contributed by atoms with Crippen LogP contribution in [0.15, 0.2) is 0 Å². The van der Waals surface area contributed by atoms with Gasteiger partial charge in [-0.15, -0.1) is 0 Å². The zero-order valence-corrected chi connectivity index (χ0v) is 14.7. The molecule has 5 N–H and O–H groups in total. The van der Waals surface area contributed by atoms with Gasteiger partial charge >= 0.3 is 0 Å². The number of hydrogen-bond donors (Lipinski definition) is 4. The van der Waals surface area contributed by atoms with Crippen LogP contribution in [0.3, 0.4) is 0 Å². The molecule has 1 rings (SSSR count). The molecule has 0 aliphatic carbocycles. The summed E-state index contributed by atoms with van der Waals surface area (Å²) in [5, 5.41) is 21.9. The van der Waals surface area contributed by atoms with Crippen molar-refractivity contribution in [2.24, 2.45) is 0 Å². The van der Waals surface area contributed by atoms with Crippen molar-refractivity contribution in [1.82, 2.24) is 10.2 Å². The lowest BCUT2D eigenvalue weighted by atomic mass is 9.83. The Bertz CT molecular complexity index is 738. The summed E-state index contributed by atoms with van der Waals surface area (Å²) in [7, 11) is 7.03. The molecule has 0 aliphatic heterocycles. The molecular weight excluding hydrogens is 341 g/mol. The lowest BCUT2D eigenvalue weighted by Gasteiger charge is -2.36. The Hall–Kier alpha value is -3.04. The summed E-state index contributed by atoms with van der Waals surface area (Å²) in [6.45, 7) is 2.68. The number of benzene rings is 1. The Morgan fingerprint density at radius 3 is 2.35 bits per heavy atom. The van der Waals surface area contributed by atoms with Gasteiger partial charge in [0.25, 0.3) is 5.91 Å². The van der Waals surface area contributed by atoms with E-state index in [0.29, 0.717) is 11.2 Å². The molecule has 1 unspecified atom stereocenters. The number of nitrogens with zero attached hydrogens (tertiary/aromatic N) is 1. The Balaban J connectivity index is 3.60. The lowest BCUT2D eigenvalue weighted by molar-refractivity contribution is -0.137. The molecule has 0 spiro atoms. The number of nitrogens with two attached hydrogens (primary N) is 1. The molecule has 138 valence electrons. The van der Waals surface area contributed by atoms with Crippen LogP contribution < -0.4 is 16.5 Å². The molecule has 0 aliphatic rings. The summed E-state index contributed by atoms with van der Waals surface area (Å²) in [6, 6.07) is 0. The maximum atomic E-state index is 13.0. The smallest absolute Gasteiger partial charge is 0.261 e. The van der Waals surface area contributed by atoms with Gasteiger partial charge in [-0.3, -0.25) is 19.3 Å². The van der Waals surface area contributed by atoms with Crippen molar-refractivity contribution in [3.63, 3.8) is 0 Å². The van der Waals surface area contributed by atoms with Crippen LogP contribution in [-0.4, -0.2) is 60.1 Å². The molecular formula is C16H20BN3O6. The molecule has 0 heterocycles. The molecule has 1 aromatic carbocycles. The van der Waals surface area contributed by atoms with Crippen molar-refractivity contribution in [3.05, 3.63) is 11.1 Å². The number of nitrogens with one attached hydrogen (secondary N) is 1. The first-order valence-corrected chi connectivity index (χ1v) is 7.62. The third kappa shape index (κ3) is 3.35. The number of rotatable bonds is 7. The number of aldehydes is 1. The first-order valence-electron chi connectivity index (χ1n) is 7.62. The minimum atomic E-state index is -1.68. The quantitative estimate of drug-likeness (QED) is 0.208. The summed E-state index contributed by atoms with van der Waals surface area (Å²) in [4.78, 5) is 48.2. The van der Waals surface area contributed by atoms with Gasteiger partial charge in [-0.2, -0.15) is 0 Å². The second-order valence-corrected chi connectivity index (χ2v) is 5.86. The van der Waals surface area contributed by atoms with Gasteiger partial charge in [0.2, 0.25) is 12.3 Å². The number of aromatic hydroxyl groups is 2. The molecule has 0 saturated heterocycles. The van der Waals surface area contributed by atoms with Crippen molar-refractivity contribution >= 4 is 43.5 Å². The fraction of sp³-hybridized carbons (Fsp3) is 0.375. The van der Waals surface area contributed by atoms with Gasteiger partial charge in [-0.25, -0.2) is 0 Å². The molecule has 0 bridgehead atoms. The van der Waals surface area contributed by atoms with Gasteiger partial charge < -0.3 is 26.1 Å². The molecule has 9 nitrogen and oxygen atoms in total. The van der Waals surface area contributed by atoms with Crippen molar-refractivity contribution in [3.8, 4) is 11.5 Å². The van der Waals surface area contributed by atoms with E-state index < -0.39 is 34.3 Å². The number of phenols is 2. The monoisotopic (exact) mass is 361 g/mol. The molecule has 0 saturated carbocycles. The average Bonchev–Trinajstić information content (AvgIpc) is 2.62. The molecule has 26 heavy (non-hydrogen) atoms. The van der Waals surface area contributed by atoms with E-state index in [1.165, 1.54) is 20.9 Å². The van der Waals surface area contributed by atoms with Crippen LogP contribution in [0.4, 0.5) is 5.69 Å². The van der Waals surface area contributed by atoms with Crippen LogP contribution in [0.25, 0.3) is 0 Å². The second kappa shape index (κ2) is 7.90. The number of hydrogen-bond acceptors (Lipinski definition) is 7. The summed E-state index contributed by atoms with van der Waals surface area (Å²) >= 11 is 0. The number of carbonyl (C=O) groups excluding carboxylic acids is 4. The van der Waals surface area contributed by atoms with Crippen LogP contribution >= 0.6 is 0 Å². The fourth-order valence-electron chi connectivity index (χ4n) is 2.62. The summed E-state index contributed by atoms with van der Waals surface area (Å²) < 4.78 is 0.